The quantitative estimate of drug-likeness (QED) is 0.176. The molecule has 0 saturated carbocycles. The summed E-state index contributed by atoms with van der Waals surface area (Å²) >= 11 is 0. The zero-order valence-corrected chi connectivity index (χ0v) is 25.0. The van der Waals surface area contributed by atoms with Gasteiger partial charge in [-0.3, -0.25) is 19.4 Å². The van der Waals surface area contributed by atoms with Crippen LogP contribution in [0.2, 0.25) is 0 Å². The van der Waals surface area contributed by atoms with E-state index in [2.05, 4.69) is 15.3 Å². The van der Waals surface area contributed by atoms with Crippen LogP contribution < -0.4 is 5.32 Å². The lowest BCUT2D eigenvalue weighted by Gasteiger charge is -2.41. The SMILES string of the molecule is O=C(O)CNC(=O)C1(Cc2ccc(F)cc2)CCN(C(=O)Cc2ccc(-c3cccc(-c4cc5ccncc5[nH]4)c3O)cc2)CC1. The maximum atomic E-state index is 13.5. The van der Waals surface area contributed by atoms with Crippen molar-refractivity contribution in [2.45, 2.75) is 25.7 Å². The number of carboxylic acids is 1. The van der Waals surface area contributed by atoms with Gasteiger partial charge in [0.2, 0.25) is 11.8 Å². The van der Waals surface area contributed by atoms with E-state index in [1.807, 2.05) is 54.6 Å². The fourth-order valence-electron chi connectivity index (χ4n) is 6.20. The summed E-state index contributed by atoms with van der Waals surface area (Å²) in [5.74, 6) is -1.83. The second-order valence-corrected chi connectivity index (χ2v) is 11.8. The highest BCUT2D eigenvalue weighted by Gasteiger charge is 2.42. The van der Waals surface area contributed by atoms with Gasteiger partial charge in [-0.05, 0) is 66.3 Å². The Hall–Kier alpha value is -5.51. The summed E-state index contributed by atoms with van der Waals surface area (Å²) in [5, 5.41) is 23.8. The Morgan fingerprint density at radius 2 is 1.63 bits per heavy atom. The number of benzene rings is 3. The van der Waals surface area contributed by atoms with Crippen molar-refractivity contribution in [1.29, 1.82) is 0 Å². The summed E-state index contributed by atoms with van der Waals surface area (Å²) in [6.45, 7) is 0.178. The molecular formula is C36H33FN4O5. The van der Waals surface area contributed by atoms with E-state index in [0.717, 1.165) is 33.3 Å². The van der Waals surface area contributed by atoms with Crippen LogP contribution in [0.5, 0.6) is 5.75 Å². The van der Waals surface area contributed by atoms with Gasteiger partial charge in [0, 0.05) is 35.8 Å². The van der Waals surface area contributed by atoms with Crippen molar-refractivity contribution < 1.29 is 29.0 Å². The Balaban J connectivity index is 1.12. The Morgan fingerprint density at radius 3 is 2.33 bits per heavy atom. The number of hydrogen-bond donors (Lipinski definition) is 4. The average molecular weight is 621 g/mol. The molecular weight excluding hydrogens is 587 g/mol. The van der Waals surface area contributed by atoms with Crippen molar-refractivity contribution in [2.24, 2.45) is 5.41 Å². The van der Waals surface area contributed by atoms with Crippen molar-refractivity contribution in [2.75, 3.05) is 19.6 Å². The van der Waals surface area contributed by atoms with Gasteiger partial charge in [0.1, 0.15) is 18.1 Å². The van der Waals surface area contributed by atoms with Gasteiger partial charge in [0.25, 0.3) is 0 Å². The van der Waals surface area contributed by atoms with Gasteiger partial charge in [0.15, 0.2) is 0 Å². The molecule has 9 nitrogen and oxygen atoms in total. The first-order valence-electron chi connectivity index (χ1n) is 15.1. The molecule has 0 aliphatic carbocycles. The first-order chi connectivity index (χ1) is 22.2. The summed E-state index contributed by atoms with van der Waals surface area (Å²) in [6.07, 6.45) is 4.65. The second-order valence-electron chi connectivity index (χ2n) is 11.8. The molecule has 6 rings (SSSR count). The standard InChI is InChI=1S/C36H33FN4O5/c37-27-10-6-24(7-11-27)20-36(35(46)39-22-33(43)44)13-16-41(17-14-36)32(42)18-23-4-8-25(9-5-23)28-2-1-3-29(34(28)45)30-19-26-12-15-38-21-31(26)40-30/h1-12,15,19,21,40,45H,13-14,16-18,20,22H2,(H,39,46)(H,43,44). The number of carbonyl (C=O) groups is 3. The van der Waals surface area contributed by atoms with E-state index in [0.29, 0.717) is 43.5 Å². The molecule has 0 radical (unpaired) electrons. The van der Waals surface area contributed by atoms with Gasteiger partial charge >= 0.3 is 5.97 Å². The summed E-state index contributed by atoms with van der Waals surface area (Å²) in [6, 6.07) is 22.9. The van der Waals surface area contributed by atoms with Crippen LogP contribution in [-0.2, 0) is 27.2 Å². The number of fused-ring (bicyclic) bond motifs is 1. The van der Waals surface area contributed by atoms with E-state index in [4.69, 9.17) is 5.11 Å². The van der Waals surface area contributed by atoms with Gasteiger partial charge < -0.3 is 25.4 Å². The monoisotopic (exact) mass is 620 g/mol. The van der Waals surface area contributed by atoms with Gasteiger partial charge in [-0.2, -0.15) is 0 Å². The number of aromatic amines is 1. The topological polar surface area (TPSA) is 136 Å². The number of halogens is 1. The zero-order valence-electron chi connectivity index (χ0n) is 25.0. The van der Waals surface area contributed by atoms with Gasteiger partial charge in [-0.25, -0.2) is 4.39 Å². The molecule has 2 amide bonds. The largest absolute Gasteiger partial charge is 0.507 e. The third-order valence-corrected chi connectivity index (χ3v) is 8.78. The molecule has 3 heterocycles. The molecule has 5 aromatic rings. The highest BCUT2D eigenvalue weighted by Crippen LogP contribution is 2.39. The number of aromatic nitrogens is 2. The van der Waals surface area contributed by atoms with Crippen molar-refractivity contribution in [3.63, 3.8) is 0 Å². The Morgan fingerprint density at radius 1 is 0.935 bits per heavy atom. The van der Waals surface area contributed by atoms with Crippen molar-refractivity contribution in [3.8, 4) is 28.1 Å². The number of phenols is 1. The van der Waals surface area contributed by atoms with E-state index in [9.17, 15) is 23.9 Å². The molecule has 1 saturated heterocycles. The smallest absolute Gasteiger partial charge is 0.322 e. The first kappa shape index (κ1) is 30.5. The molecule has 0 atom stereocenters. The van der Waals surface area contributed by atoms with Crippen molar-refractivity contribution >= 4 is 28.7 Å². The first-order valence-corrected chi connectivity index (χ1v) is 15.1. The highest BCUT2D eigenvalue weighted by molar-refractivity contribution is 5.89. The minimum Gasteiger partial charge on any atom is -0.507 e. The molecule has 0 bridgehead atoms. The lowest BCUT2D eigenvalue weighted by Crippen LogP contribution is -2.52. The van der Waals surface area contributed by atoms with Gasteiger partial charge in [-0.1, -0.05) is 48.5 Å². The van der Waals surface area contributed by atoms with E-state index >= 15 is 0 Å². The number of carboxylic acid groups (broad SMARTS) is 1. The fraction of sp³-hybridized carbons (Fsp3) is 0.222. The minimum absolute atomic E-state index is 0.0766. The van der Waals surface area contributed by atoms with Crippen LogP contribution in [0.3, 0.4) is 0 Å². The number of hydrogen-bond acceptors (Lipinski definition) is 5. The molecule has 3 aromatic carbocycles. The molecule has 1 fully saturated rings. The number of aromatic hydroxyl groups is 1. The molecule has 0 spiro atoms. The molecule has 10 heteroatoms. The molecule has 1 aliphatic rings. The third kappa shape index (κ3) is 6.46. The number of rotatable bonds is 9. The second kappa shape index (κ2) is 12.8. The molecule has 2 aromatic heterocycles. The number of pyridine rings is 1. The average Bonchev–Trinajstić information content (AvgIpc) is 3.50. The predicted octanol–water partition coefficient (Wildman–Crippen LogP) is 5.34. The predicted molar refractivity (Wildman–Crippen MR) is 171 cm³/mol. The van der Waals surface area contributed by atoms with E-state index in [-0.39, 0.29) is 29.8 Å². The zero-order chi connectivity index (χ0) is 32.3. The number of carbonyl (C=O) groups excluding carboxylic acids is 2. The van der Waals surface area contributed by atoms with E-state index in [1.165, 1.54) is 12.1 Å². The maximum Gasteiger partial charge on any atom is 0.322 e. The van der Waals surface area contributed by atoms with Crippen LogP contribution in [-0.4, -0.2) is 62.5 Å². The number of likely N-dealkylation sites (tertiary alicyclic amines) is 1. The number of phenolic OH excluding ortho intramolecular Hbond substituents is 1. The number of amides is 2. The third-order valence-electron chi connectivity index (χ3n) is 8.78. The Kier molecular flexibility index (Phi) is 8.52. The molecule has 1 aliphatic heterocycles. The van der Waals surface area contributed by atoms with Crippen LogP contribution in [0.4, 0.5) is 4.39 Å². The lowest BCUT2D eigenvalue weighted by atomic mass is 9.73. The van der Waals surface area contributed by atoms with Crippen LogP contribution in [0.15, 0.2) is 91.3 Å². The van der Waals surface area contributed by atoms with Crippen molar-refractivity contribution in [1.82, 2.24) is 20.2 Å². The number of aliphatic carboxylic acids is 1. The summed E-state index contributed by atoms with van der Waals surface area (Å²) in [4.78, 5) is 46.8. The van der Waals surface area contributed by atoms with Gasteiger partial charge in [-0.15, -0.1) is 0 Å². The number of para-hydroxylation sites is 1. The van der Waals surface area contributed by atoms with Crippen molar-refractivity contribution in [3.05, 3.63) is 108 Å². The Labute approximate surface area is 264 Å². The van der Waals surface area contributed by atoms with Crippen LogP contribution in [0.25, 0.3) is 33.3 Å². The summed E-state index contributed by atoms with van der Waals surface area (Å²) in [5.41, 5.74) is 4.48. The minimum atomic E-state index is -1.14. The summed E-state index contributed by atoms with van der Waals surface area (Å²) < 4.78 is 13.5. The number of H-pyrrole nitrogens is 1. The van der Waals surface area contributed by atoms with Crippen LogP contribution in [0, 0.1) is 11.2 Å². The Bertz CT molecular complexity index is 1860. The molecule has 46 heavy (non-hydrogen) atoms. The summed E-state index contributed by atoms with van der Waals surface area (Å²) in [7, 11) is 0. The van der Waals surface area contributed by atoms with Crippen LogP contribution in [0.1, 0.15) is 24.0 Å². The number of piperidine rings is 1. The highest BCUT2D eigenvalue weighted by atomic mass is 19.1. The van der Waals surface area contributed by atoms with Crippen LogP contribution >= 0.6 is 0 Å². The normalized spacial score (nSPS) is 14.2. The fourth-order valence-corrected chi connectivity index (χ4v) is 6.20. The van der Waals surface area contributed by atoms with Gasteiger partial charge in [0.05, 0.1) is 29.2 Å². The van der Waals surface area contributed by atoms with E-state index in [1.54, 1.807) is 29.4 Å². The lowest BCUT2D eigenvalue weighted by molar-refractivity contribution is -0.143. The molecule has 4 N–H and O–H groups in total. The number of nitrogens with zero attached hydrogens (tertiary/aromatic N) is 2. The number of nitrogens with one attached hydrogen (secondary N) is 2. The van der Waals surface area contributed by atoms with E-state index < -0.39 is 17.9 Å². The molecule has 234 valence electrons. The molecule has 0 unspecified atom stereocenters. The maximum absolute atomic E-state index is 13.5.